The highest BCUT2D eigenvalue weighted by Crippen LogP contribution is 2.27. The van der Waals surface area contributed by atoms with Gasteiger partial charge in [-0.25, -0.2) is 0 Å². The fraction of sp³-hybridized carbons (Fsp3) is 0.333. The van der Waals surface area contributed by atoms with Gasteiger partial charge in [0.1, 0.15) is 6.04 Å². The number of nitrogens with zero attached hydrogens (tertiary/aromatic N) is 1. The van der Waals surface area contributed by atoms with Gasteiger partial charge in [0.05, 0.1) is 6.42 Å². The number of nitrogens with one attached hydrogen (secondary N) is 1. The molecule has 0 aliphatic heterocycles. The Kier molecular flexibility index (Phi) is 7.69. The molecule has 0 aliphatic rings. The van der Waals surface area contributed by atoms with E-state index in [1.54, 1.807) is 25.1 Å². The van der Waals surface area contributed by atoms with Gasteiger partial charge in [0.2, 0.25) is 11.8 Å². The van der Waals surface area contributed by atoms with Gasteiger partial charge in [-0.3, -0.25) is 9.59 Å². The van der Waals surface area contributed by atoms with Crippen LogP contribution in [0.15, 0.2) is 42.5 Å². The summed E-state index contributed by atoms with van der Waals surface area (Å²) in [6.45, 7) is 6.18. The molecule has 0 saturated heterocycles. The number of likely N-dealkylation sites (N-methyl/N-ethyl adjacent to an activating group) is 1. The number of carbonyl (C=O) groups is 2. The van der Waals surface area contributed by atoms with Crippen molar-refractivity contribution < 1.29 is 9.59 Å². The zero-order valence-corrected chi connectivity index (χ0v) is 17.3. The molecule has 0 bridgehead atoms. The second-order valence-electron chi connectivity index (χ2n) is 6.40. The van der Waals surface area contributed by atoms with Crippen molar-refractivity contribution >= 4 is 35.0 Å². The molecular weight excluding hydrogens is 383 g/mol. The lowest BCUT2D eigenvalue weighted by atomic mass is 10.0. The summed E-state index contributed by atoms with van der Waals surface area (Å²) in [5, 5.41) is 3.72. The summed E-state index contributed by atoms with van der Waals surface area (Å²) < 4.78 is 0. The van der Waals surface area contributed by atoms with E-state index in [-0.39, 0.29) is 24.8 Å². The number of amides is 2. The first-order valence-electron chi connectivity index (χ1n) is 8.89. The number of hydrogen-bond donors (Lipinski definition) is 1. The third-order valence-corrected chi connectivity index (χ3v) is 5.22. The minimum absolute atomic E-state index is 0.154. The fourth-order valence-corrected chi connectivity index (χ4v) is 3.35. The van der Waals surface area contributed by atoms with Crippen molar-refractivity contribution in [2.24, 2.45) is 0 Å². The minimum Gasteiger partial charge on any atom is -0.355 e. The van der Waals surface area contributed by atoms with Gasteiger partial charge in [0, 0.05) is 28.7 Å². The Balaban J connectivity index is 2.32. The van der Waals surface area contributed by atoms with Crippen LogP contribution < -0.4 is 5.32 Å². The molecule has 1 N–H and O–H groups in total. The molecule has 0 aromatic heterocycles. The van der Waals surface area contributed by atoms with Crippen LogP contribution in [0.4, 0.5) is 0 Å². The first kappa shape index (κ1) is 21.3. The van der Waals surface area contributed by atoms with Crippen LogP contribution >= 0.6 is 23.2 Å². The third-order valence-electron chi connectivity index (χ3n) is 4.51. The van der Waals surface area contributed by atoms with E-state index in [9.17, 15) is 9.59 Å². The number of hydrogen-bond acceptors (Lipinski definition) is 2. The SMILES string of the molecule is CCNC(=O)C(C)N(Cc1c(Cl)cccc1Cl)C(=O)Cc1ccccc1C. The Hall–Kier alpha value is -2.04. The van der Waals surface area contributed by atoms with Crippen LogP contribution in [-0.2, 0) is 22.6 Å². The molecule has 6 heteroatoms. The lowest BCUT2D eigenvalue weighted by Gasteiger charge is -2.29. The molecule has 2 aromatic carbocycles. The van der Waals surface area contributed by atoms with Crippen molar-refractivity contribution in [3.05, 3.63) is 69.2 Å². The monoisotopic (exact) mass is 406 g/mol. The fourth-order valence-electron chi connectivity index (χ4n) is 2.83. The molecule has 0 radical (unpaired) electrons. The number of halogens is 2. The summed E-state index contributed by atoms with van der Waals surface area (Å²) in [4.78, 5) is 27.0. The highest BCUT2D eigenvalue weighted by Gasteiger charge is 2.27. The topological polar surface area (TPSA) is 49.4 Å². The standard InChI is InChI=1S/C21H24Cl2N2O2/c1-4-24-21(27)15(3)25(13-17-18(22)10-7-11-19(17)23)20(26)12-16-9-6-5-8-14(16)2/h5-11,15H,4,12-13H2,1-3H3,(H,24,27). The molecular formula is C21H24Cl2N2O2. The number of carbonyl (C=O) groups excluding carboxylic acids is 2. The zero-order chi connectivity index (χ0) is 20.0. The van der Waals surface area contributed by atoms with Gasteiger partial charge >= 0.3 is 0 Å². The molecule has 2 aromatic rings. The first-order valence-corrected chi connectivity index (χ1v) is 9.65. The van der Waals surface area contributed by atoms with Gasteiger partial charge in [-0.05, 0) is 44.0 Å². The van der Waals surface area contributed by atoms with Crippen molar-refractivity contribution in [1.82, 2.24) is 10.2 Å². The molecule has 4 nitrogen and oxygen atoms in total. The van der Waals surface area contributed by atoms with Crippen molar-refractivity contribution in [2.75, 3.05) is 6.54 Å². The van der Waals surface area contributed by atoms with Crippen molar-refractivity contribution in [3.8, 4) is 0 Å². The van der Waals surface area contributed by atoms with Crippen molar-refractivity contribution in [1.29, 1.82) is 0 Å². The second-order valence-corrected chi connectivity index (χ2v) is 7.21. The zero-order valence-electron chi connectivity index (χ0n) is 15.8. The predicted molar refractivity (Wildman–Crippen MR) is 110 cm³/mol. The van der Waals surface area contributed by atoms with E-state index in [2.05, 4.69) is 5.32 Å². The Bertz CT molecular complexity index is 803. The van der Waals surface area contributed by atoms with Gasteiger partial charge in [-0.2, -0.15) is 0 Å². The molecule has 0 fully saturated rings. The van der Waals surface area contributed by atoms with Gasteiger partial charge in [-0.1, -0.05) is 53.5 Å². The van der Waals surface area contributed by atoms with Crippen LogP contribution in [0, 0.1) is 6.92 Å². The highest BCUT2D eigenvalue weighted by molar-refractivity contribution is 6.36. The maximum absolute atomic E-state index is 13.1. The van der Waals surface area contributed by atoms with E-state index >= 15 is 0 Å². The molecule has 0 spiro atoms. The molecule has 2 amide bonds. The summed E-state index contributed by atoms with van der Waals surface area (Å²) >= 11 is 12.6. The van der Waals surface area contributed by atoms with Crippen LogP contribution in [0.5, 0.6) is 0 Å². The molecule has 27 heavy (non-hydrogen) atoms. The van der Waals surface area contributed by atoms with Crippen LogP contribution in [0.25, 0.3) is 0 Å². The van der Waals surface area contributed by atoms with E-state index in [1.807, 2.05) is 38.1 Å². The van der Waals surface area contributed by atoms with Crippen LogP contribution in [-0.4, -0.2) is 29.3 Å². The Morgan fingerprint density at radius 2 is 1.70 bits per heavy atom. The van der Waals surface area contributed by atoms with Crippen LogP contribution in [0.1, 0.15) is 30.5 Å². The highest BCUT2D eigenvalue weighted by atomic mass is 35.5. The molecule has 0 aliphatic carbocycles. The molecule has 1 atom stereocenters. The smallest absolute Gasteiger partial charge is 0.242 e. The van der Waals surface area contributed by atoms with Crippen molar-refractivity contribution in [3.63, 3.8) is 0 Å². The Labute approximate surface area is 170 Å². The van der Waals surface area contributed by atoms with Crippen LogP contribution in [0.2, 0.25) is 10.0 Å². The Morgan fingerprint density at radius 3 is 2.30 bits per heavy atom. The summed E-state index contributed by atoms with van der Waals surface area (Å²) in [7, 11) is 0. The minimum atomic E-state index is -0.645. The summed E-state index contributed by atoms with van der Waals surface area (Å²) in [5.41, 5.74) is 2.60. The summed E-state index contributed by atoms with van der Waals surface area (Å²) in [6.07, 6.45) is 0.207. The van der Waals surface area contributed by atoms with Gasteiger partial charge in [0.15, 0.2) is 0 Å². The molecule has 0 heterocycles. The second kappa shape index (κ2) is 9.77. The lowest BCUT2D eigenvalue weighted by molar-refractivity contribution is -0.140. The van der Waals surface area contributed by atoms with E-state index < -0.39 is 6.04 Å². The van der Waals surface area contributed by atoms with Crippen molar-refractivity contribution in [2.45, 2.75) is 39.8 Å². The van der Waals surface area contributed by atoms with Gasteiger partial charge in [0.25, 0.3) is 0 Å². The maximum Gasteiger partial charge on any atom is 0.242 e. The van der Waals surface area contributed by atoms with Gasteiger partial charge < -0.3 is 10.2 Å². The third kappa shape index (κ3) is 5.47. The quantitative estimate of drug-likeness (QED) is 0.740. The molecule has 144 valence electrons. The molecule has 2 rings (SSSR count). The predicted octanol–water partition coefficient (Wildman–Crippen LogP) is 4.40. The van der Waals surface area contributed by atoms with E-state index in [4.69, 9.17) is 23.2 Å². The molecule has 0 saturated carbocycles. The normalized spacial score (nSPS) is 11.7. The molecule has 1 unspecified atom stereocenters. The first-order chi connectivity index (χ1) is 12.8. The Morgan fingerprint density at radius 1 is 1.07 bits per heavy atom. The maximum atomic E-state index is 13.1. The average Bonchev–Trinajstić information content (AvgIpc) is 2.63. The van der Waals surface area contributed by atoms with Crippen LogP contribution in [0.3, 0.4) is 0 Å². The van der Waals surface area contributed by atoms with Gasteiger partial charge in [-0.15, -0.1) is 0 Å². The number of rotatable bonds is 7. The summed E-state index contributed by atoms with van der Waals surface area (Å²) in [5.74, 6) is -0.363. The number of benzene rings is 2. The lowest BCUT2D eigenvalue weighted by Crippen LogP contribution is -2.48. The average molecular weight is 407 g/mol. The van der Waals surface area contributed by atoms with E-state index in [0.717, 1.165) is 11.1 Å². The van der Waals surface area contributed by atoms with E-state index in [1.165, 1.54) is 4.90 Å². The number of aryl methyl sites for hydroxylation is 1. The van der Waals surface area contributed by atoms with E-state index in [0.29, 0.717) is 22.2 Å². The largest absolute Gasteiger partial charge is 0.355 e. The summed E-state index contributed by atoms with van der Waals surface area (Å²) in [6, 6.07) is 12.3.